The van der Waals surface area contributed by atoms with Crippen LogP contribution in [-0.4, -0.2) is 23.8 Å². The smallest absolute Gasteiger partial charge is 0.338 e. The second-order valence-corrected chi connectivity index (χ2v) is 12.5. The van der Waals surface area contributed by atoms with Crippen LogP contribution in [0.25, 0.3) is 6.08 Å². The van der Waals surface area contributed by atoms with Crippen molar-refractivity contribution in [3.05, 3.63) is 122 Å². The van der Waals surface area contributed by atoms with Gasteiger partial charge in [-0.05, 0) is 96.5 Å². The summed E-state index contributed by atoms with van der Waals surface area (Å²) in [5.41, 5.74) is 2.76. The van der Waals surface area contributed by atoms with Crippen molar-refractivity contribution in [2.24, 2.45) is 4.99 Å². The first-order valence-electron chi connectivity index (χ1n) is 13.5. The van der Waals surface area contributed by atoms with Crippen molar-refractivity contribution < 1.29 is 19.0 Å². The maximum atomic E-state index is 14.0. The minimum atomic E-state index is -0.785. The van der Waals surface area contributed by atoms with E-state index in [0.717, 1.165) is 14.7 Å². The lowest BCUT2D eigenvalue weighted by molar-refractivity contribution is -0.139. The van der Waals surface area contributed by atoms with Gasteiger partial charge in [0.05, 0.1) is 32.6 Å². The number of ether oxygens (including phenoxy) is 3. The molecule has 11 heteroatoms. The number of hydrogen-bond donors (Lipinski definition) is 0. The van der Waals surface area contributed by atoms with Crippen LogP contribution in [0.4, 0.5) is 0 Å². The number of rotatable bonds is 9. The lowest BCUT2D eigenvalue weighted by Gasteiger charge is -2.25. The zero-order valence-electron chi connectivity index (χ0n) is 23.5. The van der Waals surface area contributed by atoms with E-state index in [1.807, 2.05) is 49.4 Å². The maximum absolute atomic E-state index is 14.0. The highest BCUT2D eigenvalue weighted by atomic mass is 127. The summed E-state index contributed by atoms with van der Waals surface area (Å²) in [5, 5.41) is 1.07. The standard InChI is InChI=1S/C32H27Cl2IN2O5S/c1-4-40-25-15-20(14-24(35)29(25)42-17-19-9-8-10-21(33)13-19)16-26-30(38)37-28(22-11-6-7-12-23(22)34)27(31(39)41-5-2)18(3)36-32(37)43-26/h6-16,28H,4-5,17H2,1-3H3/b26-16-/t28-/m1/s1. The number of thiazole rings is 1. The van der Waals surface area contributed by atoms with E-state index < -0.39 is 12.0 Å². The molecule has 0 N–H and O–H groups in total. The normalized spacial score (nSPS) is 14.7. The Hall–Kier alpha value is -3.12. The zero-order chi connectivity index (χ0) is 30.7. The van der Waals surface area contributed by atoms with Gasteiger partial charge in [0.25, 0.3) is 5.56 Å². The molecule has 3 aromatic carbocycles. The molecule has 0 unspecified atom stereocenters. The predicted molar refractivity (Wildman–Crippen MR) is 178 cm³/mol. The van der Waals surface area contributed by atoms with E-state index in [0.29, 0.717) is 55.4 Å². The molecule has 4 aromatic rings. The number of benzene rings is 3. The molecule has 1 aromatic heterocycles. The molecular weight excluding hydrogens is 722 g/mol. The summed E-state index contributed by atoms with van der Waals surface area (Å²) in [4.78, 5) is 32.2. The van der Waals surface area contributed by atoms with Gasteiger partial charge in [-0.2, -0.15) is 0 Å². The molecule has 43 heavy (non-hydrogen) atoms. The van der Waals surface area contributed by atoms with Crippen LogP contribution in [0.2, 0.25) is 10.0 Å². The number of allylic oxidation sites excluding steroid dienone is 1. The third-order valence-electron chi connectivity index (χ3n) is 6.62. The number of hydrogen-bond acceptors (Lipinski definition) is 7. The molecule has 1 aliphatic heterocycles. The van der Waals surface area contributed by atoms with Crippen LogP contribution in [0.15, 0.2) is 81.7 Å². The Kier molecular flexibility index (Phi) is 9.95. The lowest BCUT2D eigenvalue weighted by atomic mass is 9.96. The van der Waals surface area contributed by atoms with E-state index in [1.165, 1.54) is 15.9 Å². The molecule has 0 amide bonds. The number of carbonyl (C=O) groups is 1. The predicted octanol–water partition coefficient (Wildman–Crippen LogP) is 6.69. The van der Waals surface area contributed by atoms with Crippen LogP contribution >= 0.6 is 57.1 Å². The van der Waals surface area contributed by atoms with E-state index in [1.54, 1.807) is 38.1 Å². The fourth-order valence-electron chi connectivity index (χ4n) is 4.79. The average molecular weight is 749 g/mol. The van der Waals surface area contributed by atoms with Crippen molar-refractivity contribution in [3.8, 4) is 11.5 Å². The fraction of sp³-hybridized carbons (Fsp3) is 0.219. The topological polar surface area (TPSA) is 79.1 Å². The van der Waals surface area contributed by atoms with E-state index in [2.05, 4.69) is 27.6 Å². The highest BCUT2D eigenvalue weighted by molar-refractivity contribution is 14.1. The van der Waals surface area contributed by atoms with Crippen molar-refractivity contribution in [1.29, 1.82) is 0 Å². The van der Waals surface area contributed by atoms with Crippen LogP contribution in [0.5, 0.6) is 11.5 Å². The highest BCUT2D eigenvalue weighted by Gasteiger charge is 2.34. The fourth-order valence-corrected chi connectivity index (χ4v) is 7.07. The highest BCUT2D eigenvalue weighted by Crippen LogP contribution is 2.36. The maximum Gasteiger partial charge on any atom is 0.338 e. The van der Waals surface area contributed by atoms with Gasteiger partial charge in [-0.1, -0.05) is 64.9 Å². The van der Waals surface area contributed by atoms with Crippen molar-refractivity contribution >= 4 is 69.2 Å². The van der Waals surface area contributed by atoms with Gasteiger partial charge in [-0.25, -0.2) is 9.79 Å². The van der Waals surface area contributed by atoms with Crippen molar-refractivity contribution in [2.75, 3.05) is 13.2 Å². The summed E-state index contributed by atoms with van der Waals surface area (Å²) in [5.74, 6) is 0.631. The molecule has 7 nitrogen and oxygen atoms in total. The Bertz CT molecular complexity index is 1920. The number of nitrogens with zero attached hydrogens (tertiary/aromatic N) is 2. The first-order chi connectivity index (χ1) is 20.7. The number of carbonyl (C=O) groups excluding carboxylic acids is 1. The third kappa shape index (κ3) is 6.69. The summed E-state index contributed by atoms with van der Waals surface area (Å²) in [6.07, 6.45) is 1.79. The summed E-state index contributed by atoms with van der Waals surface area (Å²) in [6, 6.07) is 17.6. The molecule has 0 saturated heterocycles. The van der Waals surface area contributed by atoms with Crippen LogP contribution < -0.4 is 24.4 Å². The summed E-state index contributed by atoms with van der Waals surface area (Å²) >= 11 is 16.2. The molecule has 0 fully saturated rings. The lowest BCUT2D eigenvalue weighted by Crippen LogP contribution is -2.40. The summed E-state index contributed by atoms with van der Waals surface area (Å²) < 4.78 is 20.2. The van der Waals surface area contributed by atoms with Crippen LogP contribution in [0, 0.1) is 3.57 Å². The van der Waals surface area contributed by atoms with E-state index in [-0.39, 0.29) is 17.7 Å². The molecular formula is C32H27Cl2IN2O5S. The van der Waals surface area contributed by atoms with E-state index >= 15 is 0 Å². The van der Waals surface area contributed by atoms with Gasteiger partial charge < -0.3 is 14.2 Å². The van der Waals surface area contributed by atoms with Crippen molar-refractivity contribution in [3.63, 3.8) is 0 Å². The first kappa shape index (κ1) is 31.3. The van der Waals surface area contributed by atoms with Gasteiger partial charge in [0.15, 0.2) is 16.3 Å². The molecule has 0 bridgehead atoms. The summed E-state index contributed by atoms with van der Waals surface area (Å²) in [7, 11) is 0. The van der Waals surface area contributed by atoms with Gasteiger partial charge >= 0.3 is 5.97 Å². The SMILES string of the molecule is CCOC(=O)C1=C(C)N=c2s/c(=C\c3cc(I)c(OCc4cccc(Cl)c4)c(OCC)c3)c(=O)n2[C@@H]1c1ccccc1Cl. The second kappa shape index (κ2) is 13.7. The minimum absolute atomic E-state index is 0.189. The quantitative estimate of drug-likeness (QED) is 0.141. The Morgan fingerprint density at radius 2 is 1.86 bits per heavy atom. The Morgan fingerprint density at radius 1 is 1.07 bits per heavy atom. The Balaban J connectivity index is 1.59. The number of aromatic nitrogens is 1. The number of halogens is 3. The largest absolute Gasteiger partial charge is 0.490 e. The molecule has 1 aliphatic rings. The first-order valence-corrected chi connectivity index (χ1v) is 16.1. The van der Waals surface area contributed by atoms with E-state index in [4.69, 9.17) is 37.4 Å². The van der Waals surface area contributed by atoms with E-state index in [9.17, 15) is 9.59 Å². The second-order valence-electron chi connectivity index (χ2n) is 9.51. The van der Waals surface area contributed by atoms with Gasteiger partial charge in [-0.3, -0.25) is 9.36 Å². The molecule has 0 radical (unpaired) electrons. The minimum Gasteiger partial charge on any atom is -0.490 e. The number of esters is 1. The van der Waals surface area contributed by atoms with Crippen LogP contribution in [0.3, 0.4) is 0 Å². The third-order valence-corrected chi connectivity index (χ3v) is 8.98. The molecule has 0 spiro atoms. The zero-order valence-corrected chi connectivity index (χ0v) is 28.0. The monoisotopic (exact) mass is 748 g/mol. The molecule has 222 valence electrons. The van der Waals surface area contributed by atoms with Gasteiger partial charge in [-0.15, -0.1) is 0 Å². The molecule has 0 saturated carbocycles. The van der Waals surface area contributed by atoms with Crippen molar-refractivity contribution in [2.45, 2.75) is 33.4 Å². The molecule has 0 aliphatic carbocycles. The Morgan fingerprint density at radius 3 is 2.58 bits per heavy atom. The average Bonchev–Trinajstić information content (AvgIpc) is 3.26. The van der Waals surface area contributed by atoms with Crippen molar-refractivity contribution in [1.82, 2.24) is 4.57 Å². The van der Waals surface area contributed by atoms with Gasteiger partial charge in [0, 0.05) is 10.0 Å². The summed E-state index contributed by atoms with van der Waals surface area (Å²) in [6.45, 7) is 6.32. The molecule has 2 heterocycles. The van der Waals surface area contributed by atoms with Gasteiger partial charge in [0.1, 0.15) is 12.6 Å². The number of fused-ring (bicyclic) bond motifs is 1. The van der Waals surface area contributed by atoms with Crippen LogP contribution in [0.1, 0.15) is 43.5 Å². The molecule has 1 atom stereocenters. The van der Waals surface area contributed by atoms with Gasteiger partial charge in [0.2, 0.25) is 0 Å². The Labute approximate surface area is 276 Å². The van der Waals surface area contributed by atoms with Crippen LogP contribution in [-0.2, 0) is 16.1 Å². The molecule has 5 rings (SSSR count).